The van der Waals surface area contributed by atoms with Crippen LogP contribution < -0.4 is 10.6 Å². The summed E-state index contributed by atoms with van der Waals surface area (Å²) in [6.45, 7) is 5.06. The van der Waals surface area contributed by atoms with Crippen LogP contribution in [0, 0.1) is 5.92 Å². The normalized spacial score (nSPS) is 10.6. The van der Waals surface area contributed by atoms with E-state index in [1.165, 1.54) is 5.56 Å². The summed E-state index contributed by atoms with van der Waals surface area (Å²) in [6, 6.07) is 10.2. The van der Waals surface area contributed by atoms with Crippen molar-refractivity contribution in [3.63, 3.8) is 0 Å². The molecule has 0 atom stereocenters. The van der Waals surface area contributed by atoms with Crippen molar-refractivity contribution in [3.05, 3.63) is 36.5 Å². The number of hydrogen-bond acceptors (Lipinski definition) is 4. The van der Waals surface area contributed by atoms with Crippen LogP contribution in [0.1, 0.15) is 13.8 Å². The highest BCUT2D eigenvalue weighted by atomic mass is 32.1. The second-order valence-electron chi connectivity index (χ2n) is 4.77. The Hall–Kier alpha value is -1.88. The second-order valence-corrected chi connectivity index (χ2v) is 5.80. The highest BCUT2D eigenvalue weighted by molar-refractivity contribution is 7.18. The van der Waals surface area contributed by atoms with Crippen LogP contribution in [-0.4, -0.2) is 24.0 Å². The van der Waals surface area contributed by atoms with Gasteiger partial charge in [-0.3, -0.25) is 4.79 Å². The van der Waals surface area contributed by atoms with E-state index >= 15 is 0 Å². The number of nitrogens with one attached hydrogen (secondary N) is 2. The summed E-state index contributed by atoms with van der Waals surface area (Å²) in [5, 5.41) is 6.97. The monoisotopic (exact) mass is 289 g/mol. The molecule has 0 aliphatic carbocycles. The lowest BCUT2D eigenvalue weighted by atomic mass is 10.2. The van der Waals surface area contributed by atoms with Gasteiger partial charge in [0.2, 0.25) is 5.91 Å². The Labute approximate surface area is 123 Å². The Morgan fingerprint density at radius 1 is 1.25 bits per heavy atom. The summed E-state index contributed by atoms with van der Waals surface area (Å²) in [5.74, 6) is 0.107. The molecule has 4 nitrogen and oxygen atoms in total. The Balaban J connectivity index is 1.81. The summed E-state index contributed by atoms with van der Waals surface area (Å²) in [5.41, 5.74) is 1.17. The van der Waals surface area contributed by atoms with Crippen LogP contribution in [0.15, 0.2) is 36.5 Å². The predicted molar refractivity (Wildman–Crippen MR) is 83.9 cm³/mol. The van der Waals surface area contributed by atoms with E-state index in [1.54, 1.807) is 11.3 Å². The minimum atomic E-state index is 0.0274. The fourth-order valence-electron chi connectivity index (χ4n) is 1.65. The number of anilines is 1. The first-order valence-electron chi connectivity index (χ1n) is 6.69. The largest absolute Gasteiger partial charge is 0.360 e. The Morgan fingerprint density at radius 2 is 2.00 bits per heavy atom. The van der Waals surface area contributed by atoms with E-state index in [0.29, 0.717) is 13.1 Å². The average Bonchev–Trinajstić information content (AvgIpc) is 2.93. The van der Waals surface area contributed by atoms with Gasteiger partial charge in [-0.25, -0.2) is 4.98 Å². The molecule has 1 amide bonds. The molecule has 0 unspecified atom stereocenters. The van der Waals surface area contributed by atoms with E-state index in [4.69, 9.17) is 0 Å². The quantitative estimate of drug-likeness (QED) is 0.804. The summed E-state index contributed by atoms with van der Waals surface area (Å²) in [4.78, 5) is 16.9. The third-order valence-electron chi connectivity index (χ3n) is 2.79. The first-order valence-corrected chi connectivity index (χ1v) is 7.51. The SMILES string of the molecule is CC(C)C(=O)NCCNc1ncc(-c2ccccc2)s1. The maximum absolute atomic E-state index is 11.4. The van der Waals surface area contributed by atoms with Gasteiger partial charge >= 0.3 is 0 Å². The lowest BCUT2D eigenvalue weighted by Gasteiger charge is -2.07. The fraction of sp³-hybridized carbons (Fsp3) is 0.333. The number of thiazole rings is 1. The Morgan fingerprint density at radius 3 is 2.70 bits per heavy atom. The molecule has 0 spiro atoms. The molecule has 0 radical (unpaired) electrons. The van der Waals surface area contributed by atoms with Gasteiger partial charge in [0.15, 0.2) is 5.13 Å². The number of benzene rings is 1. The van der Waals surface area contributed by atoms with Crippen LogP contribution in [0.25, 0.3) is 10.4 Å². The highest BCUT2D eigenvalue weighted by Gasteiger charge is 2.06. The third-order valence-corrected chi connectivity index (χ3v) is 3.79. The molecule has 2 rings (SSSR count). The van der Waals surface area contributed by atoms with Crippen LogP contribution in [0.2, 0.25) is 0 Å². The zero-order chi connectivity index (χ0) is 14.4. The molecule has 0 saturated heterocycles. The van der Waals surface area contributed by atoms with Gasteiger partial charge in [-0.2, -0.15) is 0 Å². The molecule has 0 bridgehead atoms. The lowest BCUT2D eigenvalue weighted by Crippen LogP contribution is -2.31. The molecule has 1 aromatic heterocycles. The number of carbonyl (C=O) groups is 1. The number of carbonyl (C=O) groups excluding carboxylic acids is 1. The van der Waals surface area contributed by atoms with Gasteiger partial charge in [0.25, 0.3) is 0 Å². The number of rotatable bonds is 6. The Bertz CT molecular complexity index is 551. The summed E-state index contributed by atoms with van der Waals surface area (Å²) < 4.78 is 0. The molecule has 1 heterocycles. The first-order chi connectivity index (χ1) is 9.66. The first kappa shape index (κ1) is 14.5. The molecule has 1 aromatic carbocycles. The molecule has 0 aliphatic rings. The zero-order valence-electron chi connectivity index (χ0n) is 11.7. The smallest absolute Gasteiger partial charge is 0.222 e. The maximum atomic E-state index is 11.4. The Kier molecular flexibility index (Phi) is 5.12. The van der Waals surface area contributed by atoms with E-state index in [2.05, 4.69) is 27.8 Å². The van der Waals surface area contributed by atoms with Crippen LogP contribution >= 0.6 is 11.3 Å². The molecule has 2 aromatic rings. The van der Waals surface area contributed by atoms with Gasteiger partial charge in [0, 0.05) is 25.2 Å². The molecule has 0 saturated carbocycles. The van der Waals surface area contributed by atoms with E-state index in [0.717, 1.165) is 10.0 Å². The van der Waals surface area contributed by atoms with Gasteiger partial charge in [0.05, 0.1) is 4.88 Å². The lowest BCUT2D eigenvalue weighted by molar-refractivity contribution is -0.123. The maximum Gasteiger partial charge on any atom is 0.222 e. The minimum Gasteiger partial charge on any atom is -0.360 e. The van der Waals surface area contributed by atoms with Gasteiger partial charge in [-0.1, -0.05) is 55.5 Å². The predicted octanol–water partition coefficient (Wildman–Crippen LogP) is 2.99. The van der Waals surface area contributed by atoms with Crippen LogP contribution in [0.5, 0.6) is 0 Å². The molecule has 5 heteroatoms. The van der Waals surface area contributed by atoms with Crippen molar-refractivity contribution in [1.29, 1.82) is 0 Å². The van der Waals surface area contributed by atoms with Crippen LogP contribution in [-0.2, 0) is 4.79 Å². The summed E-state index contributed by atoms with van der Waals surface area (Å²) >= 11 is 1.62. The molecule has 0 aliphatic heterocycles. The third kappa shape index (κ3) is 4.06. The summed E-state index contributed by atoms with van der Waals surface area (Å²) in [6.07, 6.45) is 1.87. The number of nitrogens with zero attached hydrogens (tertiary/aromatic N) is 1. The minimum absolute atomic E-state index is 0.0274. The van der Waals surface area contributed by atoms with Gasteiger partial charge in [0.1, 0.15) is 0 Å². The van der Waals surface area contributed by atoms with Gasteiger partial charge in [-0.15, -0.1) is 0 Å². The molecular formula is C15H19N3OS. The standard InChI is InChI=1S/C15H19N3OS/c1-11(2)14(19)16-8-9-17-15-18-10-13(20-15)12-6-4-3-5-7-12/h3-7,10-11H,8-9H2,1-2H3,(H,16,19)(H,17,18). The molecule has 20 heavy (non-hydrogen) atoms. The molecule has 106 valence electrons. The van der Waals surface area contributed by atoms with Crippen molar-refractivity contribution in [1.82, 2.24) is 10.3 Å². The van der Waals surface area contributed by atoms with Crippen molar-refractivity contribution >= 4 is 22.4 Å². The van der Waals surface area contributed by atoms with Crippen LogP contribution in [0.3, 0.4) is 0 Å². The topological polar surface area (TPSA) is 54.0 Å². The van der Waals surface area contributed by atoms with E-state index < -0.39 is 0 Å². The summed E-state index contributed by atoms with van der Waals surface area (Å²) in [7, 11) is 0. The van der Waals surface area contributed by atoms with E-state index in [9.17, 15) is 4.79 Å². The molecule has 0 fully saturated rings. The number of hydrogen-bond donors (Lipinski definition) is 2. The van der Waals surface area contributed by atoms with Crippen molar-refractivity contribution in [2.75, 3.05) is 18.4 Å². The van der Waals surface area contributed by atoms with Gasteiger partial charge in [-0.05, 0) is 5.56 Å². The van der Waals surface area contributed by atoms with Crippen molar-refractivity contribution in [2.24, 2.45) is 5.92 Å². The highest BCUT2D eigenvalue weighted by Crippen LogP contribution is 2.28. The van der Waals surface area contributed by atoms with E-state index in [-0.39, 0.29) is 11.8 Å². The van der Waals surface area contributed by atoms with Gasteiger partial charge < -0.3 is 10.6 Å². The number of amides is 1. The van der Waals surface area contributed by atoms with Crippen molar-refractivity contribution < 1.29 is 4.79 Å². The average molecular weight is 289 g/mol. The fourth-order valence-corrected chi connectivity index (χ4v) is 2.50. The second kappa shape index (κ2) is 7.05. The van der Waals surface area contributed by atoms with E-state index in [1.807, 2.05) is 38.2 Å². The number of aromatic nitrogens is 1. The zero-order valence-corrected chi connectivity index (χ0v) is 12.5. The van der Waals surface area contributed by atoms with Crippen molar-refractivity contribution in [2.45, 2.75) is 13.8 Å². The molecular weight excluding hydrogens is 270 g/mol. The van der Waals surface area contributed by atoms with Crippen LogP contribution in [0.4, 0.5) is 5.13 Å². The van der Waals surface area contributed by atoms with Crippen molar-refractivity contribution in [3.8, 4) is 10.4 Å². The molecule has 2 N–H and O–H groups in total.